The minimum Gasteiger partial charge on any atom is -0.495 e. The normalized spacial score (nSPS) is 11.1. The molecule has 1 aromatic heterocycles. The lowest BCUT2D eigenvalue weighted by atomic mass is 10.2. The maximum absolute atomic E-state index is 13.1. The Morgan fingerprint density at radius 2 is 1.86 bits per heavy atom. The number of amides is 1. The van der Waals surface area contributed by atoms with Crippen molar-refractivity contribution in [1.82, 2.24) is 0 Å². The standard InChI is InChI=1S/C18H14BrFN2O4S2/c1-26-16-7-4-13(21-18(23)11-8-17(19)27-10-11)9-15(16)22-28(24,25)14-5-2-12(20)3-6-14/h2-10,22H,1H3,(H,21,23). The molecule has 1 amide bonds. The largest absolute Gasteiger partial charge is 0.495 e. The summed E-state index contributed by atoms with van der Waals surface area (Å²) in [6.45, 7) is 0. The summed E-state index contributed by atoms with van der Waals surface area (Å²) in [4.78, 5) is 12.2. The second-order valence-corrected chi connectivity index (χ2v) is 9.54. The summed E-state index contributed by atoms with van der Waals surface area (Å²) in [5, 5.41) is 4.40. The first-order chi connectivity index (χ1) is 13.3. The molecule has 0 atom stereocenters. The van der Waals surface area contributed by atoms with E-state index in [1.807, 2.05) is 0 Å². The van der Waals surface area contributed by atoms with Crippen LogP contribution in [0.15, 0.2) is 62.6 Å². The maximum atomic E-state index is 13.1. The highest BCUT2D eigenvalue weighted by Crippen LogP contribution is 2.30. The minimum absolute atomic E-state index is 0.103. The molecule has 0 fully saturated rings. The smallest absolute Gasteiger partial charge is 0.262 e. The van der Waals surface area contributed by atoms with Crippen molar-refractivity contribution in [2.24, 2.45) is 0 Å². The van der Waals surface area contributed by atoms with E-state index in [1.54, 1.807) is 17.5 Å². The van der Waals surface area contributed by atoms with Crippen LogP contribution in [0.5, 0.6) is 5.75 Å². The molecule has 146 valence electrons. The Morgan fingerprint density at radius 3 is 2.46 bits per heavy atom. The van der Waals surface area contributed by atoms with Gasteiger partial charge in [0.1, 0.15) is 11.6 Å². The SMILES string of the molecule is COc1ccc(NC(=O)c2csc(Br)c2)cc1NS(=O)(=O)c1ccc(F)cc1. The molecular weight excluding hydrogens is 471 g/mol. The molecular formula is C18H14BrFN2O4S2. The third kappa shape index (κ3) is 4.70. The Hall–Kier alpha value is -2.43. The van der Waals surface area contributed by atoms with E-state index in [1.165, 1.54) is 30.6 Å². The summed E-state index contributed by atoms with van der Waals surface area (Å²) < 4.78 is 46.6. The third-order valence-electron chi connectivity index (χ3n) is 3.66. The van der Waals surface area contributed by atoms with E-state index in [4.69, 9.17) is 4.74 Å². The minimum atomic E-state index is -3.97. The van der Waals surface area contributed by atoms with Gasteiger partial charge in [0.15, 0.2) is 0 Å². The highest BCUT2D eigenvalue weighted by atomic mass is 79.9. The van der Waals surface area contributed by atoms with Gasteiger partial charge in [-0.1, -0.05) is 0 Å². The van der Waals surface area contributed by atoms with E-state index in [9.17, 15) is 17.6 Å². The number of hydrogen-bond donors (Lipinski definition) is 2. The number of thiophene rings is 1. The van der Waals surface area contributed by atoms with Crippen LogP contribution in [0.2, 0.25) is 0 Å². The fourth-order valence-corrected chi connectivity index (χ4v) is 4.51. The number of benzene rings is 2. The van der Waals surface area contributed by atoms with Crippen molar-refractivity contribution in [2.45, 2.75) is 4.90 Å². The van der Waals surface area contributed by atoms with Crippen LogP contribution in [0, 0.1) is 5.82 Å². The fraction of sp³-hybridized carbons (Fsp3) is 0.0556. The molecule has 0 unspecified atom stereocenters. The lowest BCUT2D eigenvalue weighted by molar-refractivity contribution is 0.102. The molecule has 6 nitrogen and oxygen atoms in total. The maximum Gasteiger partial charge on any atom is 0.262 e. The molecule has 3 aromatic rings. The van der Waals surface area contributed by atoms with Gasteiger partial charge in [-0.25, -0.2) is 12.8 Å². The number of hydrogen-bond acceptors (Lipinski definition) is 5. The van der Waals surface area contributed by atoms with Crippen molar-refractivity contribution in [3.63, 3.8) is 0 Å². The van der Waals surface area contributed by atoms with E-state index in [0.29, 0.717) is 11.3 Å². The van der Waals surface area contributed by atoms with E-state index in [0.717, 1.165) is 28.1 Å². The monoisotopic (exact) mass is 484 g/mol. The molecule has 0 aliphatic carbocycles. The Labute approximate surface area is 173 Å². The number of sulfonamides is 1. The molecule has 3 rings (SSSR count). The average molecular weight is 485 g/mol. The Balaban J connectivity index is 1.86. The second kappa shape index (κ2) is 8.29. The highest BCUT2D eigenvalue weighted by molar-refractivity contribution is 9.11. The Bertz CT molecular complexity index is 1110. The first-order valence-electron chi connectivity index (χ1n) is 7.80. The summed E-state index contributed by atoms with van der Waals surface area (Å²) in [5.41, 5.74) is 0.988. The Morgan fingerprint density at radius 1 is 1.14 bits per heavy atom. The number of halogens is 2. The number of methoxy groups -OCH3 is 1. The van der Waals surface area contributed by atoms with Gasteiger partial charge in [0.25, 0.3) is 15.9 Å². The first-order valence-corrected chi connectivity index (χ1v) is 11.0. The van der Waals surface area contributed by atoms with Gasteiger partial charge in [-0.2, -0.15) is 0 Å². The molecule has 0 radical (unpaired) electrons. The molecule has 0 aliphatic heterocycles. The van der Waals surface area contributed by atoms with Gasteiger partial charge in [-0.3, -0.25) is 9.52 Å². The molecule has 0 saturated carbocycles. The number of carbonyl (C=O) groups excluding carboxylic acids is 1. The van der Waals surface area contributed by atoms with Gasteiger partial charge in [-0.15, -0.1) is 11.3 Å². The van der Waals surface area contributed by atoms with E-state index in [2.05, 4.69) is 26.0 Å². The summed E-state index contributed by atoms with van der Waals surface area (Å²) in [7, 11) is -2.58. The van der Waals surface area contributed by atoms with Crippen LogP contribution >= 0.6 is 27.3 Å². The molecule has 28 heavy (non-hydrogen) atoms. The molecule has 0 bridgehead atoms. The fourth-order valence-electron chi connectivity index (χ4n) is 2.32. The van der Waals surface area contributed by atoms with Crippen molar-refractivity contribution in [3.05, 3.63) is 69.1 Å². The molecule has 1 heterocycles. The summed E-state index contributed by atoms with van der Waals surface area (Å²) in [6.07, 6.45) is 0. The molecule has 0 aliphatic rings. The topological polar surface area (TPSA) is 84.5 Å². The lowest BCUT2D eigenvalue weighted by Crippen LogP contribution is -2.15. The predicted octanol–water partition coefficient (Wildman–Crippen LogP) is 4.71. The van der Waals surface area contributed by atoms with Crippen molar-refractivity contribution < 1.29 is 22.3 Å². The van der Waals surface area contributed by atoms with Crippen LogP contribution in [0.25, 0.3) is 0 Å². The van der Waals surface area contributed by atoms with Crippen molar-refractivity contribution in [2.75, 3.05) is 17.1 Å². The van der Waals surface area contributed by atoms with Gasteiger partial charge in [0, 0.05) is 11.1 Å². The van der Waals surface area contributed by atoms with Crippen LogP contribution in [0.1, 0.15) is 10.4 Å². The molecule has 10 heteroatoms. The molecule has 2 N–H and O–H groups in total. The van der Waals surface area contributed by atoms with Crippen molar-refractivity contribution in [1.29, 1.82) is 0 Å². The number of anilines is 2. The third-order valence-corrected chi connectivity index (χ3v) is 6.54. The van der Waals surface area contributed by atoms with E-state index < -0.39 is 15.8 Å². The molecule has 0 spiro atoms. The van der Waals surface area contributed by atoms with Crippen LogP contribution in [0.3, 0.4) is 0 Å². The van der Waals surface area contributed by atoms with Gasteiger partial charge in [-0.05, 0) is 64.5 Å². The first kappa shape index (κ1) is 20.3. The van der Waals surface area contributed by atoms with Gasteiger partial charge in [0.05, 0.1) is 27.0 Å². The second-order valence-electron chi connectivity index (χ2n) is 5.57. The zero-order valence-corrected chi connectivity index (χ0v) is 17.6. The van der Waals surface area contributed by atoms with E-state index in [-0.39, 0.29) is 22.2 Å². The number of rotatable bonds is 6. The van der Waals surface area contributed by atoms with Gasteiger partial charge < -0.3 is 10.1 Å². The highest BCUT2D eigenvalue weighted by Gasteiger charge is 2.18. The zero-order chi connectivity index (χ0) is 20.3. The zero-order valence-electron chi connectivity index (χ0n) is 14.4. The number of carbonyl (C=O) groups is 1. The Kier molecular flexibility index (Phi) is 6.01. The summed E-state index contributed by atoms with van der Waals surface area (Å²) in [6, 6.07) is 10.7. The van der Waals surface area contributed by atoms with Crippen LogP contribution < -0.4 is 14.8 Å². The van der Waals surface area contributed by atoms with Crippen LogP contribution in [-0.4, -0.2) is 21.4 Å². The number of nitrogens with one attached hydrogen (secondary N) is 2. The lowest BCUT2D eigenvalue weighted by Gasteiger charge is -2.14. The summed E-state index contributed by atoms with van der Waals surface area (Å²) in [5.74, 6) is -0.609. The van der Waals surface area contributed by atoms with Gasteiger partial charge >= 0.3 is 0 Å². The van der Waals surface area contributed by atoms with Crippen LogP contribution in [0.4, 0.5) is 15.8 Å². The molecule has 2 aromatic carbocycles. The van der Waals surface area contributed by atoms with Gasteiger partial charge in [0.2, 0.25) is 0 Å². The quantitative estimate of drug-likeness (QED) is 0.530. The van der Waals surface area contributed by atoms with Crippen LogP contribution in [-0.2, 0) is 10.0 Å². The molecule has 0 saturated heterocycles. The predicted molar refractivity (Wildman–Crippen MR) is 110 cm³/mol. The number of ether oxygens (including phenoxy) is 1. The summed E-state index contributed by atoms with van der Waals surface area (Å²) >= 11 is 4.67. The van der Waals surface area contributed by atoms with Crippen molar-refractivity contribution >= 4 is 54.6 Å². The average Bonchev–Trinajstić information content (AvgIpc) is 3.08. The van der Waals surface area contributed by atoms with Crippen molar-refractivity contribution in [3.8, 4) is 5.75 Å². The van der Waals surface area contributed by atoms with E-state index >= 15 is 0 Å².